The van der Waals surface area contributed by atoms with E-state index in [9.17, 15) is 21.6 Å². The first-order valence-corrected chi connectivity index (χ1v) is 15.3. The second kappa shape index (κ2) is 12.5. The molecule has 4 rings (SSSR count). The lowest BCUT2D eigenvalue weighted by Crippen LogP contribution is -2.60. The van der Waals surface area contributed by atoms with Gasteiger partial charge in [0.15, 0.2) is 0 Å². The molecule has 10 nitrogen and oxygen atoms in total. The molecule has 39 heavy (non-hydrogen) atoms. The van der Waals surface area contributed by atoms with Crippen molar-refractivity contribution in [1.82, 2.24) is 14.0 Å². The zero-order valence-electron chi connectivity index (χ0n) is 21.4. The van der Waals surface area contributed by atoms with E-state index in [1.54, 1.807) is 60.7 Å². The van der Waals surface area contributed by atoms with Gasteiger partial charge in [0.1, 0.15) is 11.8 Å². The number of ether oxygens (including phenoxy) is 1. The van der Waals surface area contributed by atoms with Crippen molar-refractivity contribution >= 4 is 32.2 Å². The van der Waals surface area contributed by atoms with Gasteiger partial charge in [-0.25, -0.2) is 22.3 Å². The van der Waals surface area contributed by atoms with Crippen molar-refractivity contribution in [2.45, 2.75) is 29.2 Å². The summed E-state index contributed by atoms with van der Waals surface area (Å²) in [6.07, 6.45) is 2.30. The minimum Gasteiger partial charge on any atom is -0.494 e. The fraction of sp³-hybridized carbons (Fsp3) is 0.259. The van der Waals surface area contributed by atoms with E-state index in [4.69, 9.17) is 4.74 Å². The number of hydrogen-bond donors (Lipinski definition) is 1. The Bertz CT molecular complexity index is 1500. The highest BCUT2D eigenvalue weighted by Gasteiger charge is 2.43. The molecule has 1 fully saturated rings. The number of nitrogens with zero attached hydrogens (tertiary/aromatic N) is 3. The highest BCUT2D eigenvalue weighted by atomic mass is 32.2. The lowest BCUT2D eigenvalue weighted by molar-refractivity contribution is -0.125. The van der Waals surface area contributed by atoms with E-state index < -0.39 is 32.0 Å². The lowest BCUT2D eigenvalue weighted by atomic mass is 10.2. The van der Waals surface area contributed by atoms with Gasteiger partial charge in [-0.3, -0.25) is 4.79 Å². The van der Waals surface area contributed by atoms with Crippen molar-refractivity contribution in [2.75, 3.05) is 26.2 Å². The van der Waals surface area contributed by atoms with Gasteiger partial charge in [0.05, 0.1) is 22.6 Å². The van der Waals surface area contributed by atoms with E-state index in [0.29, 0.717) is 17.9 Å². The average molecular weight is 571 g/mol. The Hall–Kier alpha value is -3.58. The second-order valence-corrected chi connectivity index (χ2v) is 12.6. The maximum Gasteiger partial charge on any atom is 0.259 e. The summed E-state index contributed by atoms with van der Waals surface area (Å²) < 4.78 is 61.1. The lowest BCUT2D eigenvalue weighted by Gasteiger charge is -2.38. The van der Waals surface area contributed by atoms with Crippen LogP contribution in [0.2, 0.25) is 0 Å². The molecule has 1 saturated heterocycles. The van der Waals surface area contributed by atoms with Crippen molar-refractivity contribution in [2.24, 2.45) is 5.10 Å². The maximum atomic E-state index is 13.5. The number of piperazine rings is 1. The van der Waals surface area contributed by atoms with Crippen LogP contribution in [0.15, 0.2) is 99.8 Å². The minimum atomic E-state index is -4.09. The summed E-state index contributed by atoms with van der Waals surface area (Å²) in [5, 5.41) is 3.99. The Morgan fingerprint density at radius 3 is 2.08 bits per heavy atom. The largest absolute Gasteiger partial charge is 0.494 e. The summed E-state index contributed by atoms with van der Waals surface area (Å²) in [7, 11) is -8.05. The normalized spacial score (nSPS) is 17.2. The van der Waals surface area contributed by atoms with Gasteiger partial charge in [0.2, 0.25) is 20.0 Å². The van der Waals surface area contributed by atoms with Crippen LogP contribution in [0.5, 0.6) is 5.75 Å². The molecule has 0 aliphatic carbocycles. The number of hydrazone groups is 1. The number of amides is 1. The third-order valence-corrected chi connectivity index (χ3v) is 9.87. The Morgan fingerprint density at radius 1 is 0.897 bits per heavy atom. The number of sulfonamides is 2. The van der Waals surface area contributed by atoms with E-state index in [1.165, 1.54) is 30.5 Å². The number of carbonyl (C=O) groups is 1. The molecule has 0 aromatic heterocycles. The first-order chi connectivity index (χ1) is 18.7. The first kappa shape index (κ1) is 28.4. The van der Waals surface area contributed by atoms with Crippen LogP contribution in [0.25, 0.3) is 0 Å². The van der Waals surface area contributed by atoms with Gasteiger partial charge in [-0.15, -0.1) is 0 Å². The van der Waals surface area contributed by atoms with E-state index in [2.05, 4.69) is 10.5 Å². The fourth-order valence-corrected chi connectivity index (χ4v) is 7.10. The van der Waals surface area contributed by atoms with E-state index >= 15 is 0 Å². The number of benzene rings is 3. The van der Waals surface area contributed by atoms with Crippen LogP contribution < -0.4 is 10.2 Å². The summed E-state index contributed by atoms with van der Waals surface area (Å²) in [6, 6.07) is 21.3. The van der Waals surface area contributed by atoms with Crippen LogP contribution in [0, 0.1) is 0 Å². The standard InChI is InChI=1S/C27H30N4O6S2/c1-2-19-37-23-15-13-22(14-16-23)20-28-29-27(32)26-21-30(38(33,34)24-9-5-3-6-10-24)17-18-31(26)39(35,36)25-11-7-4-8-12-25/h3-16,20,26H,2,17-19,21H2,1H3,(H,29,32)/b28-20-/t26-/m1/s1. The van der Waals surface area contributed by atoms with Gasteiger partial charge in [0.25, 0.3) is 5.91 Å². The molecule has 0 spiro atoms. The van der Waals surface area contributed by atoms with Crippen LogP contribution in [0.3, 0.4) is 0 Å². The third-order valence-electron chi connectivity index (χ3n) is 6.07. The molecule has 1 atom stereocenters. The van der Waals surface area contributed by atoms with E-state index in [1.807, 2.05) is 6.92 Å². The topological polar surface area (TPSA) is 125 Å². The smallest absolute Gasteiger partial charge is 0.259 e. The third kappa shape index (κ3) is 6.71. The molecular weight excluding hydrogens is 540 g/mol. The molecular formula is C27H30N4O6S2. The molecule has 206 valence electrons. The Morgan fingerprint density at radius 2 is 1.49 bits per heavy atom. The molecule has 1 aliphatic rings. The molecule has 1 aliphatic heterocycles. The summed E-state index contributed by atoms with van der Waals surface area (Å²) in [6.45, 7) is 1.93. The van der Waals surface area contributed by atoms with Crippen molar-refractivity contribution < 1.29 is 26.4 Å². The SMILES string of the molecule is CCCOc1ccc(/C=N\NC(=O)[C@H]2CN(S(=O)(=O)c3ccccc3)CCN2S(=O)(=O)c2ccccc2)cc1. The van der Waals surface area contributed by atoms with Gasteiger partial charge < -0.3 is 4.74 Å². The Kier molecular flexibility index (Phi) is 9.12. The molecule has 0 saturated carbocycles. The van der Waals surface area contributed by atoms with Gasteiger partial charge in [-0.1, -0.05) is 43.3 Å². The van der Waals surface area contributed by atoms with Gasteiger partial charge in [0, 0.05) is 19.6 Å². The van der Waals surface area contributed by atoms with E-state index in [-0.39, 0.29) is 29.4 Å². The highest BCUT2D eigenvalue weighted by Crippen LogP contribution is 2.25. The predicted octanol–water partition coefficient (Wildman–Crippen LogP) is 2.69. The summed E-state index contributed by atoms with van der Waals surface area (Å²) in [5.41, 5.74) is 3.07. The van der Waals surface area contributed by atoms with Crippen molar-refractivity contribution in [1.29, 1.82) is 0 Å². The molecule has 1 heterocycles. The molecule has 3 aromatic rings. The number of rotatable bonds is 10. The van der Waals surface area contributed by atoms with E-state index in [0.717, 1.165) is 15.0 Å². The minimum absolute atomic E-state index is 0.0102. The predicted molar refractivity (Wildman–Crippen MR) is 147 cm³/mol. The average Bonchev–Trinajstić information content (AvgIpc) is 2.97. The number of carbonyl (C=O) groups excluding carboxylic acids is 1. The van der Waals surface area contributed by atoms with Crippen LogP contribution in [-0.2, 0) is 24.8 Å². The zero-order valence-corrected chi connectivity index (χ0v) is 23.0. The number of nitrogens with one attached hydrogen (secondary N) is 1. The molecule has 3 aromatic carbocycles. The fourth-order valence-electron chi connectivity index (χ4n) is 4.05. The maximum absolute atomic E-state index is 13.5. The summed E-state index contributed by atoms with van der Waals surface area (Å²) >= 11 is 0. The Balaban J connectivity index is 1.56. The van der Waals surface area contributed by atoms with Crippen molar-refractivity contribution in [3.8, 4) is 5.75 Å². The monoisotopic (exact) mass is 570 g/mol. The van der Waals surface area contributed by atoms with Crippen LogP contribution in [0.4, 0.5) is 0 Å². The Labute approximate surface area is 229 Å². The highest BCUT2D eigenvalue weighted by molar-refractivity contribution is 7.89. The second-order valence-electron chi connectivity index (χ2n) is 8.77. The molecule has 0 unspecified atom stereocenters. The van der Waals surface area contributed by atoms with Gasteiger partial charge in [-0.05, 0) is 60.5 Å². The summed E-state index contributed by atoms with van der Waals surface area (Å²) in [5.74, 6) is -0.0386. The zero-order chi connectivity index (χ0) is 27.9. The van der Waals surface area contributed by atoms with Crippen molar-refractivity contribution in [3.05, 3.63) is 90.5 Å². The van der Waals surface area contributed by atoms with Crippen LogP contribution in [0.1, 0.15) is 18.9 Å². The van der Waals surface area contributed by atoms with Crippen LogP contribution >= 0.6 is 0 Å². The van der Waals surface area contributed by atoms with Gasteiger partial charge >= 0.3 is 0 Å². The first-order valence-electron chi connectivity index (χ1n) is 12.4. The van der Waals surface area contributed by atoms with Gasteiger partial charge in [-0.2, -0.15) is 13.7 Å². The summed E-state index contributed by atoms with van der Waals surface area (Å²) in [4.78, 5) is 13.4. The molecule has 12 heteroatoms. The molecule has 1 N–H and O–H groups in total. The number of hydrogen-bond acceptors (Lipinski definition) is 7. The van der Waals surface area contributed by atoms with Crippen molar-refractivity contribution in [3.63, 3.8) is 0 Å². The van der Waals surface area contributed by atoms with Crippen LogP contribution in [-0.4, -0.2) is 69.9 Å². The molecule has 0 radical (unpaired) electrons. The quantitative estimate of drug-likeness (QED) is 0.295. The molecule has 0 bridgehead atoms. The molecule has 1 amide bonds.